The van der Waals surface area contributed by atoms with E-state index in [1.54, 1.807) is 7.05 Å². The lowest BCUT2D eigenvalue weighted by Gasteiger charge is -2.35. The van der Waals surface area contributed by atoms with Crippen LogP contribution in [0.3, 0.4) is 0 Å². The van der Waals surface area contributed by atoms with Gasteiger partial charge in [-0.3, -0.25) is 4.68 Å². The standard InChI is InChI=1S/C11H19FN4O2S/c1-8(2)9-4-5-16(6-10(9)12)19(17,18)11-13-7-15(3)14-11/h7-10H,4-6H2,1-3H3/t9-,10-/m0/s1. The van der Waals surface area contributed by atoms with Crippen molar-refractivity contribution in [1.29, 1.82) is 0 Å². The SMILES string of the molecule is CC(C)[C@@H]1CCN(S(=O)(=O)c2ncn(C)n2)C[C@@H]1F. The molecular formula is C11H19FN4O2S. The van der Waals surface area contributed by atoms with Gasteiger partial charge in [-0.1, -0.05) is 13.8 Å². The smallest absolute Gasteiger partial charge is 0.255 e. The van der Waals surface area contributed by atoms with Gasteiger partial charge in [-0.2, -0.15) is 4.31 Å². The van der Waals surface area contributed by atoms with Crippen molar-refractivity contribution in [2.24, 2.45) is 18.9 Å². The Balaban J connectivity index is 2.16. The fraction of sp³-hybridized carbons (Fsp3) is 0.818. The van der Waals surface area contributed by atoms with Crippen molar-refractivity contribution in [3.63, 3.8) is 0 Å². The van der Waals surface area contributed by atoms with E-state index >= 15 is 0 Å². The van der Waals surface area contributed by atoms with Crippen molar-refractivity contribution >= 4 is 10.0 Å². The summed E-state index contributed by atoms with van der Waals surface area (Å²) in [4.78, 5) is 3.74. The van der Waals surface area contributed by atoms with E-state index in [1.807, 2.05) is 13.8 Å². The van der Waals surface area contributed by atoms with Gasteiger partial charge in [0.25, 0.3) is 15.2 Å². The molecule has 0 aromatic carbocycles. The van der Waals surface area contributed by atoms with Crippen molar-refractivity contribution in [3.05, 3.63) is 6.33 Å². The number of hydrogen-bond acceptors (Lipinski definition) is 4. The van der Waals surface area contributed by atoms with E-state index in [0.29, 0.717) is 13.0 Å². The van der Waals surface area contributed by atoms with Crippen LogP contribution in [0.4, 0.5) is 4.39 Å². The van der Waals surface area contributed by atoms with Gasteiger partial charge in [0.05, 0.1) is 0 Å². The van der Waals surface area contributed by atoms with Gasteiger partial charge in [-0.25, -0.2) is 17.8 Å². The number of alkyl halides is 1. The average molecular weight is 290 g/mol. The summed E-state index contributed by atoms with van der Waals surface area (Å²) in [5.41, 5.74) is 0. The zero-order chi connectivity index (χ0) is 14.2. The third-order valence-corrected chi connectivity index (χ3v) is 5.22. The molecule has 1 aliphatic heterocycles. The van der Waals surface area contributed by atoms with Gasteiger partial charge in [-0.15, -0.1) is 5.10 Å². The van der Waals surface area contributed by atoms with Crippen LogP contribution in [0.25, 0.3) is 0 Å². The van der Waals surface area contributed by atoms with E-state index in [9.17, 15) is 12.8 Å². The molecule has 1 aliphatic rings. The number of sulfonamides is 1. The first-order valence-electron chi connectivity index (χ1n) is 6.32. The van der Waals surface area contributed by atoms with Crippen LogP contribution in [0.2, 0.25) is 0 Å². The maximum Gasteiger partial charge on any atom is 0.282 e. The summed E-state index contributed by atoms with van der Waals surface area (Å²) < 4.78 is 41.0. The first-order valence-corrected chi connectivity index (χ1v) is 7.76. The maximum atomic E-state index is 14.0. The molecule has 1 aromatic heterocycles. The largest absolute Gasteiger partial charge is 0.282 e. The lowest BCUT2D eigenvalue weighted by Crippen LogP contribution is -2.46. The molecule has 2 rings (SSSR count). The highest BCUT2D eigenvalue weighted by atomic mass is 32.2. The molecule has 0 aliphatic carbocycles. The zero-order valence-electron chi connectivity index (χ0n) is 11.3. The quantitative estimate of drug-likeness (QED) is 0.826. The van der Waals surface area contributed by atoms with Crippen LogP contribution in [0.5, 0.6) is 0 Å². The van der Waals surface area contributed by atoms with Crippen molar-refractivity contribution in [3.8, 4) is 0 Å². The predicted octanol–water partition coefficient (Wildman–Crippen LogP) is 0.820. The Bertz CT molecular complexity index is 543. The molecule has 0 amide bonds. The number of aryl methyl sites for hydroxylation is 1. The molecule has 0 spiro atoms. The molecule has 1 saturated heterocycles. The van der Waals surface area contributed by atoms with E-state index in [-0.39, 0.29) is 23.5 Å². The van der Waals surface area contributed by atoms with Crippen molar-refractivity contribution in [2.45, 2.75) is 31.6 Å². The molecule has 0 unspecified atom stereocenters. The molecule has 1 fully saturated rings. The van der Waals surface area contributed by atoms with Crippen LogP contribution in [0, 0.1) is 11.8 Å². The monoisotopic (exact) mass is 290 g/mol. The Morgan fingerprint density at radius 3 is 2.63 bits per heavy atom. The third-order valence-electron chi connectivity index (χ3n) is 3.56. The Labute approximate surface area is 112 Å². The van der Waals surface area contributed by atoms with E-state index in [2.05, 4.69) is 10.1 Å². The minimum absolute atomic E-state index is 0.0804. The van der Waals surface area contributed by atoms with Crippen LogP contribution < -0.4 is 0 Å². The second kappa shape index (κ2) is 5.16. The van der Waals surface area contributed by atoms with Crippen LogP contribution in [-0.4, -0.2) is 46.7 Å². The summed E-state index contributed by atoms with van der Waals surface area (Å²) >= 11 is 0. The molecule has 2 atom stereocenters. The third kappa shape index (κ3) is 2.79. The Morgan fingerprint density at radius 2 is 2.16 bits per heavy atom. The van der Waals surface area contributed by atoms with Crippen LogP contribution in [-0.2, 0) is 17.1 Å². The molecule has 6 nitrogen and oxygen atoms in total. The summed E-state index contributed by atoms with van der Waals surface area (Å²) in [6.45, 7) is 4.14. The lowest BCUT2D eigenvalue weighted by atomic mass is 9.86. The average Bonchev–Trinajstić information content (AvgIpc) is 2.76. The highest BCUT2D eigenvalue weighted by molar-refractivity contribution is 7.88. The Morgan fingerprint density at radius 1 is 1.47 bits per heavy atom. The van der Waals surface area contributed by atoms with Gasteiger partial charge < -0.3 is 0 Å². The van der Waals surface area contributed by atoms with E-state index < -0.39 is 16.2 Å². The molecule has 0 saturated carbocycles. The molecule has 19 heavy (non-hydrogen) atoms. The summed E-state index contributed by atoms with van der Waals surface area (Å²) in [6.07, 6.45) is 0.721. The van der Waals surface area contributed by atoms with E-state index in [1.165, 1.54) is 11.0 Å². The first kappa shape index (κ1) is 14.4. The lowest BCUT2D eigenvalue weighted by molar-refractivity contribution is 0.101. The van der Waals surface area contributed by atoms with E-state index in [4.69, 9.17) is 0 Å². The van der Waals surface area contributed by atoms with Crippen LogP contribution in [0.15, 0.2) is 11.5 Å². The van der Waals surface area contributed by atoms with Gasteiger partial charge in [-0.05, 0) is 18.3 Å². The van der Waals surface area contributed by atoms with Gasteiger partial charge in [0.1, 0.15) is 12.5 Å². The Kier molecular flexibility index (Phi) is 3.91. The van der Waals surface area contributed by atoms with E-state index in [0.717, 1.165) is 4.31 Å². The first-order chi connectivity index (χ1) is 8.82. The second-order valence-electron chi connectivity index (χ2n) is 5.28. The molecule has 0 bridgehead atoms. The number of halogens is 1. The molecule has 0 N–H and O–H groups in total. The summed E-state index contributed by atoms with van der Waals surface area (Å²) in [7, 11) is -2.18. The molecule has 0 radical (unpaired) electrons. The van der Waals surface area contributed by atoms with Crippen molar-refractivity contribution in [2.75, 3.05) is 13.1 Å². The number of hydrogen-bond donors (Lipinski definition) is 0. The van der Waals surface area contributed by atoms with Gasteiger partial charge in [0, 0.05) is 20.1 Å². The minimum atomic E-state index is -3.77. The molecule has 108 valence electrons. The Hall–Kier alpha value is -1.02. The van der Waals surface area contributed by atoms with Gasteiger partial charge in [0.2, 0.25) is 0 Å². The van der Waals surface area contributed by atoms with Crippen molar-refractivity contribution in [1.82, 2.24) is 19.1 Å². The molecule has 1 aromatic rings. The number of nitrogens with zero attached hydrogens (tertiary/aromatic N) is 4. The zero-order valence-corrected chi connectivity index (χ0v) is 12.1. The normalized spacial score (nSPS) is 25.9. The van der Waals surface area contributed by atoms with Gasteiger partial charge in [0.15, 0.2) is 0 Å². The summed E-state index contributed by atoms with van der Waals surface area (Å²) in [6, 6.07) is 0. The fourth-order valence-corrected chi connectivity index (χ4v) is 3.75. The molecular weight excluding hydrogens is 271 g/mol. The number of piperidine rings is 1. The number of rotatable bonds is 3. The minimum Gasteiger partial charge on any atom is -0.255 e. The topological polar surface area (TPSA) is 68.1 Å². The van der Waals surface area contributed by atoms with Crippen LogP contribution in [0.1, 0.15) is 20.3 Å². The van der Waals surface area contributed by atoms with Crippen molar-refractivity contribution < 1.29 is 12.8 Å². The predicted molar refractivity (Wildman–Crippen MR) is 67.6 cm³/mol. The van der Waals surface area contributed by atoms with Crippen LogP contribution >= 0.6 is 0 Å². The highest BCUT2D eigenvalue weighted by Crippen LogP contribution is 2.29. The summed E-state index contributed by atoms with van der Waals surface area (Å²) in [5.74, 6) is 0.135. The van der Waals surface area contributed by atoms with Gasteiger partial charge >= 0.3 is 0 Å². The molecule has 8 heteroatoms. The fourth-order valence-electron chi connectivity index (χ4n) is 2.42. The second-order valence-corrected chi connectivity index (χ2v) is 7.11. The number of aromatic nitrogens is 3. The highest BCUT2D eigenvalue weighted by Gasteiger charge is 2.38. The molecule has 2 heterocycles. The maximum absolute atomic E-state index is 14.0. The summed E-state index contributed by atoms with van der Waals surface area (Å²) in [5, 5.41) is 3.53.